The van der Waals surface area contributed by atoms with Crippen molar-refractivity contribution in [1.29, 1.82) is 0 Å². The maximum absolute atomic E-state index is 9.21. The molecule has 0 spiro atoms. The molecule has 0 aromatic heterocycles. The summed E-state index contributed by atoms with van der Waals surface area (Å²) in [5.41, 5.74) is 3.25. The number of hydrogen-bond donors (Lipinski definition) is 1. The second-order valence-electron chi connectivity index (χ2n) is 5.89. The summed E-state index contributed by atoms with van der Waals surface area (Å²) >= 11 is 0. The van der Waals surface area contributed by atoms with Crippen molar-refractivity contribution in [3.63, 3.8) is 0 Å². The molecule has 0 bridgehead atoms. The minimum atomic E-state index is 0.101. The normalized spacial score (nSPS) is 23.4. The van der Waals surface area contributed by atoms with Crippen molar-refractivity contribution in [1.82, 2.24) is 0 Å². The predicted octanol–water partition coefficient (Wildman–Crippen LogP) is 4.14. The summed E-state index contributed by atoms with van der Waals surface area (Å²) in [7, 11) is 0. The van der Waals surface area contributed by atoms with E-state index in [-0.39, 0.29) is 6.61 Å². The van der Waals surface area contributed by atoms with Crippen LogP contribution >= 0.6 is 0 Å². The molecule has 1 saturated carbocycles. The monoisotopic (exact) mass is 262 g/mol. The summed E-state index contributed by atoms with van der Waals surface area (Å²) in [6.07, 6.45) is 6.64. The smallest absolute Gasteiger partial charge is 0.125 e. The third-order valence-electron chi connectivity index (χ3n) is 4.36. The molecule has 2 rings (SSSR count). The highest BCUT2D eigenvalue weighted by Crippen LogP contribution is 2.32. The lowest BCUT2D eigenvalue weighted by Crippen LogP contribution is -2.24. The Morgan fingerprint density at radius 3 is 2.16 bits per heavy atom. The van der Waals surface area contributed by atoms with E-state index < -0.39 is 0 Å². The summed E-state index contributed by atoms with van der Waals surface area (Å²) in [6, 6.07) is 4.06. The Morgan fingerprint density at radius 2 is 1.68 bits per heavy atom. The van der Waals surface area contributed by atoms with Crippen LogP contribution in [0.2, 0.25) is 0 Å². The molecule has 1 aromatic carbocycles. The van der Waals surface area contributed by atoms with E-state index in [2.05, 4.69) is 20.8 Å². The van der Waals surface area contributed by atoms with Gasteiger partial charge in [0.2, 0.25) is 0 Å². The Morgan fingerprint density at radius 1 is 1.11 bits per heavy atom. The first-order valence-corrected chi connectivity index (χ1v) is 7.51. The Hall–Kier alpha value is -1.02. The van der Waals surface area contributed by atoms with Gasteiger partial charge in [0.05, 0.1) is 12.7 Å². The van der Waals surface area contributed by atoms with Crippen LogP contribution in [-0.2, 0) is 6.61 Å². The lowest BCUT2D eigenvalue weighted by molar-refractivity contribution is 0.128. The summed E-state index contributed by atoms with van der Waals surface area (Å²) in [4.78, 5) is 0. The lowest BCUT2D eigenvalue weighted by Gasteiger charge is -2.29. The van der Waals surface area contributed by atoms with E-state index in [1.807, 2.05) is 12.1 Å². The minimum absolute atomic E-state index is 0.101. The molecule has 0 saturated heterocycles. The van der Waals surface area contributed by atoms with Crippen LogP contribution < -0.4 is 4.74 Å². The average molecular weight is 262 g/mol. The minimum Gasteiger partial charge on any atom is -0.490 e. The Kier molecular flexibility index (Phi) is 4.87. The van der Waals surface area contributed by atoms with Crippen molar-refractivity contribution in [3.05, 3.63) is 28.8 Å². The number of hydrogen-bond acceptors (Lipinski definition) is 2. The Labute approximate surface area is 116 Å². The van der Waals surface area contributed by atoms with E-state index in [1.165, 1.54) is 32.1 Å². The topological polar surface area (TPSA) is 29.5 Å². The first-order valence-electron chi connectivity index (χ1n) is 7.51. The molecule has 1 fully saturated rings. The Bertz CT molecular complexity index is 394. The van der Waals surface area contributed by atoms with E-state index in [9.17, 15) is 5.11 Å². The van der Waals surface area contributed by atoms with Crippen molar-refractivity contribution >= 4 is 0 Å². The van der Waals surface area contributed by atoms with Gasteiger partial charge in [-0.05, 0) is 62.1 Å². The largest absolute Gasteiger partial charge is 0.490 e. The van der Waals surface area contributed by atoms with Gasteiger partial charge in [-0.15, -0.1) is 0 Å². The van der Waals surface area contributed by atoms with Crippen molar-refractivity contribution in [2.24, 2.45) is 5.92 Å². The molecule has 19 heavy (non-hydrogen) atoms. The summed E-state index contributed by atoms with van der Waals surface area (Å²) in [6.45, 7) is 6.52. The maximum Gasteiger partial charge on any atom is 0.125 e. The van der Waals surface area contributed by atoms with Gasteiger partial charge in [-0.2, -0.15) is 0 Å². The molecule has 1 aliphatic carbocycles. The molecular formula is C17H26O2. The number of rotatable bonds is 4. The van der Waals surface area contributed by atoms with Gasteiger partial charge >= 0.3 is 0 Å². The first-order chi connectivity index (χ1) is 9.13. The second kappa shape index (κ2) is 6.42. The van der Waals surface area contributed by atoms with Crippen molar-refractivity contribution in [2.45, 2.75) is 65.6 Å². The first kappa shape index (κ1) is 14.4. The molecule has 106 valence electrons. The molecule has 0 atom stereocenters. The molecule has 1 aromatic rings. The highest BCUT2D eigenvalue weighted by molar-refractivity contribution is 5.43. The zero-order valence-electron chi connectivity index (χ0n) is 12.4. The van der Waals surface area contributed by atoms with Gasteiger partial charge < -0.3 is 9.84 Å². The summed E-state index contributed by atoms with van der Waals surface area (Å²) < 4.78 is 6.23. The SMILES string of the molecule is CCC1CCC(Oc2c(C)cc(CO)cc2C)CC1. The van der Waals surface area contributed by atoms with Crippen LogP contribution in [0.25, 0.3) is 0 Å². The highest BCUT2D eigenvalue weighted by atomic mass is 16.5. The molecule has 0 amide bonds. The van der Waals surface area contributed by atoms with Crippen LogP contribution in [0.1, 0.15) is 55.7 Å². The maximum atomic E-state index is 9.21. The van der Waals surface area contributed by atoms with E-state index in [0.717, 1.165) is 28.4 Å². The third-order valence-corrected chi connectivity index (χ3v) is 4.36. The van der Waals surface area contributed by atoms with Crippen molar-refractivity contribution < 1.29 is 9.84 Å². The summed E-state index contributed by atoms with van der Waals surface area (Å²) in [5, 5.41) is 9.21. The molecule has 0 aliphatic heterocycles. The van der Waals surface area contributed by atoms with Gasteiger partial charge in [0, 0.05) is 0 Å². The number of aliphatic hydroxyl groups excluding tert-OH is 1. The van der Waals surface area contributed by atoms with Gasteiger partial charge in [-0.1, -0.05) is 25.5 Å². The highest BCUT2D eigenvalue weighted by Gasteiger charge is 2.22. The number of benzene rings is 1. The molecule has 1 aliphatic rings. The standard InChI is InChI=1S/C17H26O2/c1-4-14-5-7-16(8-6-14)19-17-12(2)9-15(11-18)10-13(17)3/h9-10,14,16,18H,4-8,11H2,1-3H3. The second-order valence-corrected chi connectivity index (χ2v) is 5.89. The van der Waals surface area contributed by atoms with Gasteiger partial charge in [0.25, 0.3) is 0 Å². The molecule has 1 N–H and O–H groups in total. The fourth-order valence-electron chi connectivity index (χ4n) is 3.14. The number of aliphatic hydroxyl groups is 1. The van der Waals surface area contributed by atoms with Gasteiger partial charge in [0.1, 0.15) is 5.75 Å². The van der Waals surface area contributed by atoms with E-state index in [1.54, 1.807) is 0 Å². The van der Waals surface area contributed by atoms with Crippen LogP contribution in [-0.4, -0.2) is 11.2 Å². The van der Waals surface area contributed by atoms with Crippen molar-refractivity contribution in [2.75, 3.05) is 0 Å². The van der Waals surface area contributed by atoms with Gasteiger partial charge in [-0.25, -0.2) is 0 Å². The predicted molar refractivity (Wildman–Crippen MR) is 78.5 cm³/mol. The fraction of sp³-hybridized carbons (Fsp3) is 0.647. The summed E-state index contributed by atoms with van der Waals surface area (Å²) in [5.74, 6) is 1.93. The van der Waals surface area contributed by atoms with Crippen LogP contribution in [0.3, 0.4) is 0 Å². The quantitative estimate of drug-likeness (QED) is 0.883. The number of aryl methyl sites for hydroxylation is 2. The zero-order valence-corrected chi connectivity index (χ0v) is 12.4. The molecule has 2 nitrogen and oxygen atoms in total. The molecule has 0 radical (unpaired) electrons. The van der Waals surface area contributed by atoms with Crippen LogP contribution in [0, 0.1) is 19.8 Å². The van der Waals surface area contributed by atoms with Gasteiger partial charge in [-0.3, -0.25) is 0 Å². The molecule has 0 heterocycles. The lowest BCUT2D eigenvalue weighted by atomic mass is 9.86. The molecule has 2 heteroatoms. The van der Waals surface area contributed by atoms with Crippen LogP contribution in [0.5, 0.6) is 5.75 Å². The fourth-order valence-corrected chi connectivity index (χ4v) is 3.14. The average Bonchev–Trinajstić information content (AvgIpc) is 2.43. The van der Waals surface area contributed by atoms with E-state index in [4.69, 9.17) is 4.74 Å². The Balaban J connectivity index is 2.03. The van der Waals surface area contributed by atoms with E-state index in [0.29, 0.717) is 6.10 Å². The zero-order chi connectivity index (χ0) is 13.8. The van der Waals surface area contributed by atoms with Crippen molar-refractivity contribution in [3.8, 4) is 5.75 Å². The number of ether oxygens (including phenoxy) is 1. The molecular weight excluding hydrogens is 236 g/mol. The van der Waals surface area contributed by atoms with Crippen LogP contribution in [0.4, 0.5) is 0 Å². The molecule has 0 unspecified atom stereocenters. The van der Waals surface area contributed by atoms with Crippen LogP contribution in [0.15, 0.2) is 12.1 Å². The van der Waals surface area contributed by atoms with Gasteiger partial charge in [0.15, 0.2) is 0 Å². The third kappa shape index (κ3) is 3.50. The van der Waals surface area contributed by atoms with E-state index >= 15 is 0 Å².